The lowest BCUT2D eigenvalue weighted by atomic mass is 10.0. The molecule has 0 atom stereocenters. The third-order valence-corrected chi connectivity index (χ3v) is 2.53. The molecule has 1 aliphatic heterocycles. The van der Waals surface area contributed by atoms with E-state index in [4.69, 9.17) is 10.5 Å². The number of rotatable bonds is 0. The molecule has 13 heavy (non-hydrogen) atoms. The molecule has 0 aliphatic carbocycles. The highest BCUT2D eigenvalue weighted by Gasteiger charge is 2.20. The van der Waals surface area contributed by atoms with Crippen molar-refractivity contribution in [3.05, 3.63) is 22.2 Å². The molecule has 0 aromatic heterocycles. The van der Waals surface area contributed by atoms with Crippen LogP contribution in [0, 0.1) is 0 Å². The van der Waals surface area contributed by atoms with Gasteiger partial charge in [-0.25, -0.2) is 0 Å². The zero-order valence-electron chi connectivity index (χ0n) is 6.84. The van der Waals surface area contributed by atoms with Crippen molar-refractivity contribution in [2.45, 2.75) is 6.42 Å². The summed E-state index contributed by atoms with van der Waals surface area (Å²) < 4.78 is 6.10. The number of benzene rings is 1. The minimum atomic E-state index is 0.0919. The number of hydrogen-bond acceptors (Lipinski definition) is 3. The smallest absolute Gasteiger partial charge is 0.170 e. The fourth-order valence-electron chi connectivity index (χ4n) is 1.35. The standard InChI is InChI=1S/C9H8BrNO2/c10-7-4-5(11)3-6-8(12)1-2-13-9(6)7/h3-4H,1-2,11H2. The van der Waals surface area contributed by atoms with Crippen LogP contribution in [0.25, 0.3) is 0 Å². The summed E-state index contributed by atoms with van der Waals surface area (Å²) in [5, 5.41) is 0. The maximum Gasteiger partial charge on any atom is 0.170 e. The Hall–Kier alpha value is -1.03. The van der Waals surface area contributed by atoms with Crippen LogP contribution in [0.5, 0.6) is 5.75 Å². The lowest BCUT2D eigenvalue weighted by molar-refractivity contribution is 0.0933. The normalized spacial score (nSPS) is 15.0. The molecule has 0 spiro atoms. The Balaban J connectivity index is 2.63. The van der Waals surface area contributed by atoms with E-state index in [0.29, 0.717) is 30.0 Å². The first-order valence-corrected chi connectivity index (χ1v) is 4.73. The summed E-state index contributed by atoms with van der Waals surface area (Å²) in [6, 6.07) is 3.39. The van der Waals surface area contributed by atoms with E-state index in [1.807, 2.05) is 0 Å². The highest BCUT2D eigenvalue weighted by atomic mass is 79.9. The van der Waals surface area contributed by atoms with Gasteiger partial charge in [-0.15, -0.1) is 0 Å². The van der Waals surface area contributed by atoms with Crippen LogP contribution in [0.4, 0.5) is 5.69 Å². The van der Waals surface area contributed by atoms with Crippen LogP contribution in [-0.4, -0.2) is 12.4 Å². The summed E-state index contributed by atoms with van der Waals surface area (Å²) in [5.74, 6) is 0.708. The molecule has 0 saturated heterocycles. The van der Waals surface area contributed by atoms with Crippen molar-refractivity contribution in [3.8, 4) is 5.75 Å². The molecular weight excluding hydrogens is 234 g/mol. The maximum atomic E-state index is 11.4. The Morgan fingerprint density at radius 1 is 1.46 bits per heavy atom. The fraction of sp³-hybridized carbons (Fsp3) is 0.222. The molecule has 1 aromatic carbocycles. The summed E-state index contributed by atoms with van der Waals surface area (Å²) >= 11 is 3.30. The van der Waals surface area contributed by atoms with Gasteiger partial charge in [0.05, 0.1) is 16.6 Å². The van der Waals surface area contributed by atoms with Gasteiger partial charge in [-0.3, -0.25) is 4.79 Å². The molecule has 4 heteroatoms. The van der Waals surface area contributed by atoms with E-state index >= 15 is 0 Å². The fourth-order valence-corrected chi connectivity index (χ4v) is 1.94. The quantitative estimate of drug-likeness (QED) is 0.708. The first kappa shape index (κ1) is 8.56. The van der Waals surface area contributed by atoms with Gasteiger partial charge in [-0.2, -0.15) is 0 Å². The Bertz CT molecular complexity index is 376. The highest BCUT2D eigenvalue weighted by molar-refractivity contribution is 9.10. The number of anilines is 1. The molecule has 2 N–H and O–H groups in total. The van der Waals surface area contributed by atoms with Crippen LogP contribution in [0.3, 0.4) is 0 Å². The topological polar surface area (TPSA) is 52.3 Å². The Morgan fingerprint density at radius 3 is 3.00 bits per heavy atom. The van der Waals surface area contributed by atoms with Gasteiger partial charge in [-0.05, 0) is 28.1 Å². The van der Waals surface area contributed by atoms with E-state index in [-0.39, 0.29) is 5.78 Å². The molecule has 1 heterocycles. The van der Waals surface area contributed by atoms with Gasteiger partial charge < -0.3 is 10.5 Å². The minimum absolute atomic E-state index is 0.0919. The van der Waals surface area contributed by atoms with Gasteiger partial charge in [0, 0.05) is 12.1 Å². The average molecular weight is 242 g/mol. The third kappa shape index (κ3) is 1.42. The van der Waals surface area contributed by atoms with Gasteiger partial charge in [0.1, 0.15) is 5.75 Å². The molecule has 2 rings (SSSR count). The molecule has 0 radical (unpaired) electrons. The predicted octanol–water partition coefficient (Wildman–Crippen LogP) is 2.00. The van der Waals surface area contributed by atoms with Gasteiger partial charge in [0.15, 0.2) is 5.78 Å². The number of hydrogen-bond donors (Lipinski definition) is 1. The molecule has 0 amide bonds. The number of halogens is 1. The zero-order chi connectivity index (χ0) is 9.42. The van der Waals surface area contributed by atoms with Crippen LogP contribution in [-0.2, 0) is 0 Å². The number of nitrogens with two attached hydrogens (primary N) is 1. The van der Waals surface area contributed by atoms with Crippen molar-refractivity contribution in [1.29, 1.82) is 0 Å². The predicted molar refractivity (Wildman–Crippen MR) is 53.0 cm³/mol. The van der Waals surface area contributed by atoms with E-state index in [2.05, 4.69) is 15.9 Å². The number of carbonyl (C=O) groups is 1. The SMILES string of the molecule is Nc1cc(Br)c2c(c1)C(=O)CCO2. The summed E-state index contributed by atoms with van der Waals surface area (Å²) in [6.07, 6.45) is 0.433. The molecule has 0 fully saturated rings. The summed E-state index contributed by atoms with van der Waals surface area (Å²) in [7, 11) is 0. The number of fused-ring (bicyclic) bond motifs is 1. The molecule has 1 aromatic rings. The number of nitrogen functional groups attached to an aromatic ring is 1. The second-order valence-corrected chi connectivity index (χ2v) is 3.76. The summed E-state index contributed by atoms with van der Waals surface area (Å²) in [6.45, 7) is 0.453. The number of ketones is 1. The molecule has 0 unspecified atom stereocenters. The zero-order valence-corrected chi connectivity index (χ0v) is 8.43. The van der Waals surface area contributed by atoms with Crippen molar-refractivity contribution in [3.63, 3.8) is 0 Å². The van der Waals surface area contributed by atoms with Crippen molar-refractivity contribution in [1.82, 2.24) is 0 Å². The second kappa shape index (κ2) is 3.03. The van der Waals surface area contributed by atoms with Crippen molar-refractivity contribution >= 4 is 27.4 Å². The Morgan fingerprint density at radius 2 is 2.23 bits per heavy atom. The first-order chi connectivity index (χ1) is 6.18. The average Bonchev–Trinajstić information content (AvgIpc) is 2.07. The van der Waals surface area contributed by atoms with Gasteiger partial charge in [0.2, 0.25) is 0 Å². The van der Waals surface area contributed by atoms with E-state index in [0.717, 1.165) is 4.47 Å². The minimum Gasteiger partial charge on any atom is -0.491 e. The lowest BCUT2D eigenvalue weighted by Crippen LogP contribution is -2.15. The van der Waals surface area contributed by atoms with Crippen LogP contribution in [0.15, 0.2) is 16.6 Å². The van der Waals surface area contributed by atoms with Crippen LogP contribution in [0.1, 0.15) is 16.8 Å². The molecule has 0 saturated carbocycles. The van der Waals surface area contributed by atoms with E-state index < -0.39 is 0 Å². The van der Waals surface area contributed by atoms with Gasteiger partial charge in [0.25, 0.3) is 0 Å². The van der Waals surface area contributed by atoms with E-state index in [1.54, 1.807) is 12.1 Å². The van der Waals surface area contributed by atoms with Crippen molar-refractivity contribution in [2.75, 3.05) is 12.3 Å². The van der Waals surface area contributed by atoms with Gasteiger partial charge >= 0.3 is 0 Å². The van der Waals surface area contributed by atoms with E-state index in [1.165, 1.54) is 0 Å². The second-order valence-electron chi connectivity index (χ2n) is 2.90. The number of carbonyl (C=O) groups excluding carboxylic acids is 1. The molecular formula is C9H8BrNO2. The number of ether oxygens (including phenoxy) is 1. The van der Waals surface area contributed by atoms with Crippen molar-refractivity contribution < 1.29 is 9.53 Å². The first-order valence-electron chi connectivity index (χ1n) is 3.93. The summed E-state index contributed by atoms with van der Waals surface area (Å²) in [4.78, 5) is 11.4. The number of Topliss-reactive ketones (excluding diaryl/α,β-unsaturated/α-hetero) is 1. The van der Waals surface area contributed by atoms with Crippen LogP contribution in [0.2, 0.25) is 0 Å². The largest absolute Gasteiger partial charge is 0.491 e. The van der Waals surface area contributed by atoms with Crippen LogP contribution < -0.4 is 10.5 Å². The van der Waals surface area contributed by atoms with E-state index in [9.17, 15) is 4.79 Å². The van der Waals surface area contributed by atoms with Gasteiger partial charge in [-0.1, -0.05) is 0 Å². The highest BCUT2D eigenvalue weighted by Crippen LogP contribution is 2.34. The maximum absolute atomic E-state index is 11.4. The molecule has 1 aliphatic rings. The summed E-state index contributed by atoms with van der Waals surface area (Å²) in [5.41, 5.74) is 6.76. The monoisotopic (exact) mass is 241 g/mol. The lowest BCUT2D eigenvalue weighted by Gasteiger charge is -2.17. The molecule has 0 bridgehead atoms. The Labute approximate surface area is 84.0 Å². The Kier molecular flexibility index (Phi) is 2.00. The molecule has 68 valence electrons. The molecule has 3 nitrogen and oxygen atoms in total. The van der Waals surface area contributed by atoms with Crippen molar-refractivity contribution in [2.24, 2.45) is 0 Å². The van der Waals surface area contributed by atoms with Crippen LogP contribution >= 0.6 is 15.9 Å². The third-order valence-electron chi connectivity index (χ3n) is 1.94.